The number of rotatable bonds is 6. The maximum atomic E-state index is 13.1. The molecule has 2 aliphatic rings. The topological polar surface area (TPSA) is 84.9 Å². The van der Waals surface area contributed by atoms with Gasteiger partial charge < -0.3 is 14.8 Å². The van der Waals surface area contributed by atoms with Crippen molar-refractivity contribution in [3.63, 3.8) is 0 Å². The quantitative estimate of drug-likeness (QED) is 0.703. The molecule has 2 unspecified atom stereocenters. The summed E-state index contributed by atoms with van der Waals surface area (Å²) in [6.45, 7) is 6.87. The average molecular weight is 465 g/mol. The number of piperidine rings is 1. The van der Waals surface area contributed by atoms with Crippen LogP contribution in [-0.2, 0) is 21.2 Å². The van der Waals surface area contributed by atoms with Crippen molar-refractivity contribution >= 4 is 33.0 Å². The molecule has 1 aromatic carbocycles. The number of carbonyl (C=O) groups excluding carboxylic acids is 1. The second kappa shape index (κ2) is 8.80. The molecule has 1 amide bonds. The Morgan fingerprint density at radius 2 is 2.16 bits per heavy atom. The number of amides is 1. The molecule has 9 heteroatoms. The number of fused-ring (bicyclic) bond motifs is 1. The summed E-state index contributed by atoms with van der Waals surface area (Å²) in [7, 11) is -3.58. The largest absolute Gasteiger partial charge is 0.492 e. The number of anilines is 1. The van der Waals surface area contributed by atoms with E-state index in [4.69, 9.17) is 9.47 Å². The van der Waals surface area contributed by atoms with Crippen LogP contribution in [0.15, 0.2) is 28.5 Å². The Bertz CT molecular complexity index is 1080. The van der Waals surface area contributed by atoms with Crippen molar-refractivity contribution in [3.05, 3.63) is 34.7 Å². The average Bonchev–Trinajstić information content (AvgIpc) is 3.33. The molecular weight excluding hydrogens is 436 g/mol. The molecule has 0 spiro atoms. The van der Waals surface area contributed by atoms with Gasteiger partial charge in [-0.3, -0.25) is 4.79 Å². The highest BCUT2D eigenvalue weighted by Crippen LogP contribution is 2.38. The van der Waals surface area contributed by atoms with Crippen molar-refractivity contribution < 1.29 is 22.7 Å². The molecule has 0 saturated carbocycles. The fourth-order valence-electron chi connectivity index (χ4n) is 4.10. The van der Waals surface area contributed by atoms with Crippen molar-refractivity contribution in [2.45, 2.75) is 50.3 Å². The molecule has 1 N–H and O–H groups in total. The van der Waals surface area contributed by atoms with Gasteiger partial charge in [-0.05, 0) is 51.8 Å². The zero-order valence-electron chi connectivity index (χ0n) is 18.0. The Morgan fingerprint density at radius 1 is 1.35 bits per heavy atom. The summed E-state index contributed by atoms with van der Waals surface area (Å²) < 4.78 is 39.3. The van der Waals surface area contributed by atoms with E-state index in [-0.39, 0.29) is 18.6 Å². The lowest BCUT2D eigenvalue weighted by Crippen LogP contribution is -2.43. The predicted molar refractivity (Wildman–Crippen MR) is 121 cm³/mol. The number of aryl methyl sites for hydroxylation is 1. The third kappa shape index (κ3) is 4.58. The molecule has 2 aliphatic heterocycles. The van der Waals surface area contributed by atoms with Gasteiger partial charge in [-0.25, -0.2) is 8.42 Å². The van der Waals surface area contributed by atoms with E-state index in [2.05, 4.69) is 5.32 Å². The number of thiophene rings is 1. The molecule has 2 aromatic rings. The van der Waals surface area contributed by atoms with Crippen LogP contribution < -0.4 is 14.8 Å². The van der Waals surface area contributed by atoms with Crippen LogP contribution >= 0.6 is 11.3 Å². The van der Waals surface area contributed by atoms with Crippen molar-refractivity contribution in [1.29, 1.82) is 0 Å². The van der Waals surface area contributed by atoms with E-state index in [9.17, 15) is 13.2 Å². The number of benzene rings is 1. The summed E-state index contributed by atoms with van der Waals surface area (Å²) in [6.07, 6.45) is 2.18. The highest BCUT2D eigenvalue weighted by atomic mass is 32.2. The SMILES string of the molecule is CCOc1cc2c(cc1NC(=O)C1CCCN(S(=O)(=O)c3ccc(C)s3)C1)OC(C)C2. The van der Waals surface area contributed by atoms with Crippen LogP contribution in [0.3, 0.4) is 0 Å². The smallest absolute Gasteiger partial charge is 0.252 e. The van der Waals surface area contributed by atoms with Gasteiger partial charge in [0.05, 0.1) is 18.2 Å². The Morgan fingerprint density at radius 3 is 2.87 bits per heavy atom. The van der Waals surface area contributed by atoms with Crippen LogP contribution in [-0.4, -0.2) is 44.4 Å². The second-order valence-corrected chi connectivity index (χ2v) is 11.5. The Labute approximate surface area is 187 Å². The predicted octanol–water partition coefficient (Wildman–Crippen LogP) is 3.82. The lowest BCUT2D eigenvalue weighted by atomic mass is 9.98. The second-order valence-electron chi connectivity index (χ2n) is 8.08. The molecule has 31 heavy (non-hydrogen) atoms. The molecule has 0 aliphatic carbocycles. The first kappa shape index (κ1) is 22.1. The van der Waals surface area contributed by atoms with Crippen LogP contribution in [0, 0.1) is 12.8 Å². The number of sulfonamides is 1. The van der Waals surface area contributed by atoms with Gasteiger partial charge in [0, 0.05) is 36.0 Å². The molecule has 2 atom stereocenters. The summed E-state index contributed by atoms with van der Waals surface area (Å²) >= 11 is 1.26. The first-order chi connectivity index (χ1) is 14.8. The summed E-state index contributed by atoms with van der Waals surface area (Å²) in [5.74, 6) is 0.746. The molecule has 1 saturated heterocycles. The highest BCUT2D eigenvalue weighted by molar-refractivity contribution is 7.91. The van der Waals surface area contributed by atoms with Crippen LogP contribution in [0.4, 0.5) is 5.69 Å². The standard InChI is InChI=1S/C22H28N2O5S2/c1-4-28-20-11-17-10-14(2)29-19(17)12-18(20)23-22(25)16-6-5-9-24(13-16)31(26,27)21-8-7-15(3)30-21/h7-8,11-12,14,16H,4-6,9-10,13H2,1-3H3,(H,23,25). The van der Waals surface area contributed by atoms with Gasteiger partial charge in [0.15, 0.2) is 0 Å². The van der Waals surface area contributed by atoms with E-state index < -0.39 is 15.9 Å². The normalized spacial score (nSPS) is 21.4. The van der Waals surface area contributed by atoms with Crippen molar-refractivity contribution in [1.82, 2.24) is 4.31 Å². The molecule has 168 valence electrons. The minimum absolute atomic E-state index is 0.0911. The third-order valence-electron chi connectivity index (χ3n) is 5.62. The van der Waals surface area contributed by atoms with Crippen LogP contribution in [0.2, 0.25) is 0 Å². The summed E-state index contributed by atoms with van der Waals surface area (Å²) in [5.41, 5.74) is 1.63. The molecule has 0 bridgehead atoms. The minimum Gasteiger partial charge on any atom is -0.492 e. The van der Waals surface area contributed by atoms with E-state index in [1.807, 2.05) is 32.9 Å². The monoisotopic (exact) mass is 464 g/mol. The van der Waals surface area contributed by atoms with E-state index >= 15 is 0 Å². The van der Waals surface area contributed by atoms with Crippen LogP contribution in [0.5, 0.6) is 11.5 Å². The van der Waals surface area contributed by atoms with Crippen molar-refractivity contribution in [3.8, 4) is 11.5 Å². The summed E-state index contributed by atoms with van der Waals surface area (Å²) in [6, 6.07) is 7.18. The Kier molecular flexibility index (Phi) is 6.27. The third-order valence-corrected chi connectivity index (χ3v) is 8.95. The van der Waals surface area contributed by atoms with E-state index in [0.29, 0.717) is 41.6 Å². The van der Waals surface area contributed by atoms with Gasteiger partial charge in [0.1, 0.15) is 21.8 Å². The van der Waals surface area contributed by atoms with E-state index in [1.54, 1.807) is 12.1 Å². The zero-order chi connectivity index (χ0) is 22.2. The Hall–Kier alpha value is -2.10. The molecule has 1 aromatic heterocycles. The van der Waals surface area contributed by atoms with Gasteiger partial charge in [-0.15, -0.1) is 11.3 Å². The molecule has 0 radical (unpaired) electrons. The number of carbonyl (C=O) groups is 1. The summed E-state index contributed by atoms with van der Waals surface area (Å²) in [4.78, 5) is 14.0. The molecule has 7 nitrogen and oxygen atoms in total. The van der Waals surface area contributed by atoms with Crippen LogP contribution in [0.1, 0.15) is 37.1 Å². The lowest BCUT2D eigenvalue weighted by Gasteiger charge is -2.31. The van der Waals surface area contributed by atoms with Gasteiger partial charge >= 0.3 is 0 Å². The number of hydrogen-bond acceptors (Lipinski definition) is 6. The number of ether oxygens (including phenoxy) is 2. The van der Waals surface area contributed by atoms with Gasteiger partial charge in [-0.1, -0.05) is 0 Å². The van der Waals surface area contributed by atoms with Gasteiger partial charge in [0.2, 0.25) is 5.91 Å². The molecule has 4 rings (SSSR count). The maximum Gasteiger partial charge on any atom is 0.252 e. The van der Waals surface area contributed by atoms with E-state index in [1.165, 1.54) is 15.6 Å². The molecular formula is C22H28N2O5S2. The van der Waals surface area contributed by atoms with Crippen LogP contribution in [0.25, 0.3) is 0 Å². The van der Waals surface area contributed by atoms with Crippen molar-refractivity contribution in [2.75, 3.05) is 25.0 Å². The van der Waals surface area contributed by atoms with Gasteiger partial charge in [0.25, 0.3) is 10.0 Å². The zero-order valence-corrected chi connectivity index (χ0v) is 19.6. The van der Waals surface area contributed by atoms with Gasteiger partial charge in [-0.2, -0.15) is 4.31 Å². The first-order valence-corrected chi connectivity index (χ1v) is 12.9. The number of hydrogen-bond donors (Lipinski definition) is 1. The lowest BCUT2D eigenvalue weighted by molar-refractivity contribution is -0.120. The first-order valence-electron chi connectivity index (χ1n) is 10.6. The van der Waals surface area contributed by atoms with Crippen molar-refractivity contribution in [2.24, 2.45) is 5.92 Å². The fourth-order valence-corrected chi connectivity index (χ4v) is 7.06. The molecule has 3 heterocycles. The maximum absolute atomic E-state index is 13.1. The Balaban J connectivity index is 1.51. The number of nitrogens with zero attached hydrogens (tertiary/aromatic N) is 1. The molecule has 1 fully saturated rings. The van der Waals surface area contributed by atoms with E-state index in [0.717, 1.165) is 22.6 Å². The minimum atomic E-state index is -3.58. The fraction of sp³-hybridized carbons (Fsp3) is 0.500. The summed E-state index contributed by atoms with van der Waals surface area (Å²) in [5, 5.41) is 2.96. The number of nitrogens with one attached hydrogen (secondary N) is 1. The highest BCUT2D eigenvalue weighted by Gasteiger charge is 2.34.